The van der Waals surface area contributed by atoms with E-state index in [-0.39, 0.29) is 17.7 Å². The summed E-state index contributed by atoms with van der Waals surface area (Å²) in [5.74, 6) is -16.2. The number of methoxy groups -OCH3 is 1. The summed E-state index contributed by atoms with van der Waals surface area (Å²) >= 11 is 1.04. The number of aliphatic hydroxyl groups excluding tert-OH is 1. The third-order valence-electron chi connectivity index (χ3n) is 16.0. The number of imide groups is 2. The number of fused-ring (bicyclic) bond motifs is 2. The molecule has 0 bridgehead atoms. The monoisotopic (exact) mass is 1390 g/mol. The zero-order chi connectivity index (χ0) is 71.7. The van der Waals surface area contributed by atoms with Crippen LogP contribution in [0.15, 0.2) is 102 Å². The van der Waals surface area contributed by atoms with Crippen LogP contribution in [-0.2, 0) is 121 Å². The largest absolute Gasteiger partial charge is 0.465 e. The average Bonchev–Trinajstić information content (AvgIpc) is 1.08. The number of benzene rings is 4. The molecule has 4 heterocycles. The van der Waals surface area contributed by atoms with Crippen molar-refractivity contribution in [3.05, 3.63) is 114 Å². The Labute approximate surface area is 567 Å². The van der Waals surface area contributed by atoms with Crippen LogP contribution < -0.4 is 0 Å². The molecular formula is C68H78N2O27S. The molecular weight excluding hydrogens is 1310 g/mol. The summed E-state index contributed by atoms with van der Waals surface area (Å²) in [6.45, 7) is 9.55. The quantitative estimate of drug-likeness (QED) is 0.0567. The van der Waals surface area contributed by atoms with Gasteiger partial charge in [-0.15, -0.1) is 0 Å². The summed E-state index contributed by atoms with van der Waals surface area (Å²) in [6.07, 6.45) is -25.9. The van der Waals surface area contributed by atoms with Crippen molar-refractivity contribution in [3.63, 3.8) is 0 Å². The molecule has 4 aromatic rings. The topological polar surface area (TPSA) is 361 Å². The van der Waals surface area contributed by atoms with E-state index in [2.05, 4.69) is 0 Å². The zero-order valence-electron chi connectivity index (χ0n) is 55.8. The lowest BCUT2D eigenvalue weighted by Gasteiger charge is -2.53. The van der Waals surface area contributed by atoms with Crippen molar-refractivity contribution in [2.75, 3.05) is 26.9 Å². The SMILES string of the molecule is COC(=O)[C@@]1(O[C@H]2[C@@H](OC(C)=O)[C@@H](COC(=O)C(C)(C)C)O[C@@H](O[C@H]3[C@H](O)[C@@H](N4C(=O)c5ccccc5C4=O)[C@H](Sc4ccccc4)O[C@@H]3COCc3ccc4ccccc4c3)[C@@H]2OC(C)=O)C[C@H](OC(C)=O)[C@@H](N(C(C)=O)C(C)=O)[C@H]([C@H](OC(C)=O)[C@@H](COC(C)=O)OC(C)=O)O1. The number of aliphatic hydroxyl groups is 1. The first-order valence-electron chi connectivity index (χ1n) is 31.1. The van der Waals surface area contributed by atoms with Crippen LogP contribution >= 0.6 is 11.8 Å². The Morgan fingerprint density at radius 2 is 1.23 bits per heavy atom. The second kappa shape index (κ2) is 32.3. The van der Waals surface area contributed by atoms with Gasteiger partial charge in [0.1, 0.15) is 73.5 Å². The maximum Gasteiger partial charge on any atom is 0.366 e. The number of nitrogens with zero attached hydrogens (tertiary/aromatic N) is 2. The maximum absolute atomic E-state index is 15.3. The molecule has 8 rings (SSSR count). The molecule has 1 N–H and O–H groups in total. The van der Waals surface area contributed by atoms with E-state index in [9.17, 15) is 57.8 Å². The van der Waals surface area contributed by atoms with Gasteiger partial charge in [-0.1, -0.05) is 78.5 Å². The molecule has 0 radical (unpaired) electrons. The van der Waals surface area contributed by atoms with Gasteiger partial charge in [0.05, 0.1) is 43.3 Å². The summed E-state index contributed by atoms with van der Waals surface area (Å²) < 4.78 is 86.2. The summed E-state index contributed by atoms with van der Waals surface area (Å²) in [7, 11) is 0.834. The summed E-state index contributed by atoms with van der Waals surface area (Å²) in [5.41, 5.74) is -1.87. The van der Waals surface area contributed by atoms with Crippen molar-refractivity contribution in [2.45, 2.75) is 191 Å². The molecule has 0 aliphatic carbocycles. The number of rotatable bonds is 24. The Balaban J connectivity index is 1.34. The molecule has 4 amide bonds. The van der Waals surface area contributed by atoms with E-state index < -0.39 is 200 Å². The van der Waals surface area contributed by atoms with Crippen LogP contribution in [0.3, 0.4) is 0 Å². The number of amides is 4. The molecule has 3 fully saturated rings. The van der Waals surface area contributed by atoms with Gasteiger partial charge in [0.2, 0.25) is 11.8 Å². The van der Waals surface area contributed by atoms with Gasteiger partial charge in [-0.3, -0.25) is 62.5 Å². The predicted molar refractivity (Wildman–Crippen MR) is 336 cm³/mol. The van der Waals surface area contributed by atoms with Crippen LogP contribution in [-0.4, -0.2) is 210 Å². The van der Waals surface area contributed by atoms with Gasteiger partial charge in [-0.25, -0.2) is 4.79 Å². The average molecular weight is 1390 g/mol. The van der Waals surface area contributed by atoms with E-state index >= 15 is 4.79 Å². The Bertz CT molecular complexity index is 3610. The van der Waals surface area contributed by atoms with Crippen molar-refractivity contribution in [3.8, 4) is 0 Å². The Hall–Kier alpha value is -8.75. The fourth-order valence-corrected chi connectivity index (χ4v) is 13.2. The van der Waals surface area contributed by atoms with Crippen LogP contribution in [0.2, 0.25) is 0 Å². The number of carbonyl (C=O) groups excluding carboxylic acids is 12. The van der Waals surface area contributed by atoms with Crippen molar-refractivity contribution in [2.24, 2.45) is 5.41 Å². The van der Waals surface area contributed by atoms with E-state index in [0.717, 1.165) is 89.9 Å². The van der Waals surface area contributed by atoms with Gasteiger partial charge < -0.3 is 71.4 Å². The van der Waals surface area contributed by atoms with Crippen LogP contribution in [0.4, 0.5) is 0 Å². The van der Waals surface area contributed by atoms with Crippen molar-refractivity contribution in [1.29, 1.82) is 0 Å². The maximum atomic E-state index is 15.3. The van der Waals surface area contributed by atoms with E-state index in [4.69, 9.17) is 66.3 Å². The van der Waals surface area contributed by atoms with Gasteiger partial charge in [0.15, 0.2) is 30.7 Å². The number of esters is 8. The molecule has 4 aromatic carbocycles. The molecule has 16 atom stereocenters. The second-order valence-corrected chi connectivity index (χ2v) is 25.7. The molecule has 30 heteroatoms. The highest BCUT2D eigenvalue weighted by Gasteiger charge is 2.66. The first-order valence-corrected chi connectivity index (χ1v) is 32.0. The first-order chi connectivity index (χ1) is 46.3. The molecule has 4 aliphatic heterocycles. The molecule has 528 valence electrons. The molecule has 0 saturated carbocycles. The zero-order valence-corrected chi connectivity index (χ0v) is 56.6. The number of ether oxygens (including phenoxy) is 14. The van der Waals surface area contributed by atoms with E-state index in [1.807, 2.05) is 42.5 Å². The fourth-order valence-electron chi connectivity index (χ4n) is 12.0. The highest BCUT2D eigenvalue weighted by atomic mass is 32.2. The molecule has 98 heavy (non-hydrogen) atoms. The van der Waals surface area contributed by atoms with Crippen LogP contribution in [0.1, 0.15) is 109 Å². The van der Waals surface area contributed by atoms with E-state index in [0.29, 0.717) is 15.4 Å². The summed E-state index contributed by atoms with van der Waals surface area (Å²) in [4.78, 5) is 168. The lowest BCUT2D eigenvalue weighted by atomic mass is 9.86. The third kappa shape index (κ3) is 17.7. The molecule has 0 unspecified atom stereocenters. The molecule has 4 aliphatic rings. The van der Waals surface area contributed by atoms with Crippen LogP contribution in [0, 0.1) is 5.41 Å². The molecule has 3 saturated heterocycles. The molecule has 0 spiro atoms. The lowest BCUT2D eigenvalue weighted by Crippen LogP contribution is -2.73. The highest BCUT2D eigenvalue weighted by molar-refractivity contribution is 7.99. The van der Waals surface area contributed by atoms with Crippen molar-refractivity contribution >= 4 is 93.9 Å². The first kappa shape index (κ1) is 75.0. The lowest BCUT2D eigenvalue weighted by molar-refractivity contribution is -0.382. The van der Waals surface area contributed by atoms with Crippen LogP contribution in [0.5, 0.6) is 0 Å². The Kier molecular flexibility index (Phi) is 24.7. The number of hydrogen-bond acceptors (Lipinski definition) is 28. The van der Waals surface area contributed by atoms with Gasteiger partial charge in [0.25, 0.3) is 17.6 Å². The normalized spacial score (nSPS) is 26.7. The van der Waals surface area contributed by atoms with Crippen molar-refractivity contribution < 1.29 is 129 Å². The predicted octanol–water partition coefficient (Wildman–Crippen LogP) is 4.63. The fraction of sp³-hybridized carbons (Fsp3) is 0.500. The number of hydrogen-bond donors (Lipinski definition) is 1. The molecule has 0 aromatic heterocycles. The smallest absolute Gasteiger partial charge is 0.366 e. The van der Waals surface area contributed by atoms with Gasteiger partial charge in [-0.2, -0.15) is 0 Å². The third-order valence-corrected chi connectivity index (χ3v) is 17.2. The Morgan fingerprint density at radius 1 is 0.653 bits per heavy atom. The van der Waals surface area contributed by atoms with Gasteiger partial charge in [0, 0.05) is 60.3 Å². The van der Waals surface area contributed by atoms with Gasteiger partial charge >= 0.3 is 47.8 Å². The minimum absolute atomic E-state index is 0.00381. The second-order valence-electron chi connectivity index (χ2n) is 24.5. The van der Waals surface area contributed by atoms with Gasteiger partial charge in [-0.05, 0) is 67.4 Å². The van der Waals surface area contributed by atoms with Crippen LogP contribution in [0.25, 0.3) is 10.8 Å². The Morgan fingerprint density at radius 3 is 1.81 bits per heavy atom. The highest BCUT2D eigenvalue weighted by Crippen LogP contribution is 2.45. The number of thioether (sulfide) groups is 1. The standard InChI is InChI=1S/C68H78N2O27S/c1-34(71)69(35(2)72)52-48(88-37(4)74)29-68(66(83)84-12,96-58(52)56(90-39(6)76)50(89-38(5)75)32-86-36(3)73)97-59-57(91-40(7)77)51(33-87-65(82)67(9,10)11)93-63(60(59)92-41(8)78)95-55-49(31-85-30-42-26-27-43-20-16-17-21-44(43)28-42)94-64(98-45-22-14-13-15-23-45)53(54(55)79)70-61(80)46-24-18-19-25-47(46)62(70)81/h13-28,48-60,63-64,79H,29-33H2,1-12H3/t48-,49+,50+,51+,52+,53+,54+,55+,56+,57-,58+,59-,60+,63-,64-,68-/m0/s1. The van der Waals surface area contributed by atoms with E-state index in [1.54, 1.807) is 42.5 Å². The summed E-state index contributed by atoms with van der Waals surface area (Å²) in [5, 5.41) is 15.2. The van der Waals surface area contributed by atoms with E-state index in [1.165, 1.54) is 32.9 Å². The minimum Gasteiger partial charge on any atom is -0.465 e. The summed E-state index contributed by atoms with van der Waals surface area (Å²) in [6, 6.07) is 24.2. The number of carbonyl (C=O) groups is 12. The minimum atomic E-state index is -3.28. The van der Waals surface area contributed by atoms with Crippen molar-refractivity contribution in [1.82, 2.24) is 9.80 Å². The molecule has 29 nitrogen and oxygen atoms in total.